The molecule has 0 saturated carbocycles. The average molecular weight is 415 g/mol. The van der Waals surface area contributed by atoms with Gasteiger partial charge in [0, 0.05) is 34.3 Å². The van der Waals surface area contributed by atoms with Gasteiger partial charge in [0.25, 0.3) is 0 Å². The Bertz CT molecular complexity index is 1440. The van der Waals surface area contributed by atoms with Gasteiger partial charge in [0.2, 0.25) is 0 Å². The number of nitrogens with zero attached hydrogens (tertiary/aromatic N) is 1. The highest BCUT2D eigenvalue weighted by molar-refractivity contribution is 5.99. The normalized spacial score (nSPS) is 11.8. The zero-order valence-corrected chi connectivity index (χ0v) is 17.4. The quantitative estimate of drug-likeness (QED) is 0.307. The predicted molar refractivity (Wildman–Crippen MR) is 131 cm³/mol. The van der Waals surface area contributed by atoms with E-state index in [0.29, 0.717) is 0 Å². The number of ether oxygens (including phenoxy) is 1. The van der Waals surface area contributed by atoms with Gasteiger partial charge in [0.1, 0.15) is 11.5 Å². The van der Waals surface area contributed by atoms with E-state index in [1.54, 1.807) is 0 Å². The lowest BCUT2D eigenvalue weighted by molar-refractivity contribution is 0.483. The van der Waals surface area contributed by atoms with Gasteiger partial charge in [-0.25, -0.2) is 4.98 Å². The lowest BCUT2D eigenvalue weighted by atomic mass is 10.1. The molecule has 0 radical (unpaired) electrons. The molecule has 1 aromatic heterocycles. The van der Waals surface area contributed by atoms with E-state index in [9.17, 15) is 0 Å². The van der Waals surface area contributed by atoms with Crippen molar-refractivity contribution in [2.75, 3.05) is 11.1 Å². The van der Waals surface area contributed by atoms with Crippen LogP contribution in [0.15, 0.2) is 97.1 Å². The van der Waals surface area contributed by atoms with Gasteiger partial charge >= 0.3 is 0 Å². The summed E-state index contributed by atoms with van der Waals surface area (Å²) in [4.78, 5) is 5.00. The summed E-state index contributed by atoms with van der Waals surface area (Å²) in [7, 11) is 0. The van der Waals surface area contributed by atoms with Crippen LogP contribution < -0.4 is 15.8 Å². The van der Waals surface area contributed by atoms with Gasteiger partial charge in [0.05, 0.1) is 16.9 Å². The van der Waals surface area contributed by atoms with Gasteiger partial charge in [-0.1, -0.05) is 42.5 Å². The van der Waals surface area contributed by atoms with E-state index in [-0.39, 0.29) is 0 Å². The monoisotopic (exact) mass is 415 g/mol. The molecule has 0 spiro atoms. The van der Waals surface area contributed by atoms with Crippen LogP contribution in [0.5, 0.6) is 11.5 Å². The number of hydrogen-bond donors (Lipinski definition) is 2. The molecule has 6 rings (SSSR count). The minimum Gasteiger partial charge on any atom is -0.457 e. The van der Waals surface area contributed by atoms with Crippen molar-refractivity contribution in [3.8, 4) is 22.8 Å². The molecule has 4 heteroatoms. The number of benzene rings is 4. The van der Waals surface area contributed by atoms with Gasteiger partial charge in [-0.2, -0.15) is 0 Å². The summed E-state index contributed by atoms with van der Waals surface area (Å²) in [6, 6.07) is 32.2. The standard InChI is InChI=1S/C28H21N3O/c29-19-9-13-21(14-10-19)32-22-15-11-20(12-16-22)30-28-24-7-3-4-8-26(24)31-27-23-6-2-1-5-18(23)17-25(27)28/h1-16H,17,29H2,(H,30,31). The van der Waals surface area contributed by atoms with E-state index in [4.69, 9.17) is 15.5 Å². The second-order valence-electron chi connectivity index (χ2n) is 7.99. The Morgan fingerprint density at radius 1 is 0.750 bits per heavy atom. The third kappa shape index (κ3) is 3.22. The molecule has 0 fully saturated rings. The highest BCUT2D eigenvalue weighted by Gasteiger charge is 2.24. The van der Waals surface area contributed by atoms with Gasteiger partial charge in [-0.05, 0) is 60.2 Å². The molecule has 1 aliphatic carbocycles. The van der Waals surface area contributed by atoms with Gasteiger partial charge in [-0.15, -0.1) is 0 Å². The van der Waals surface area contributed by atoms with Gasteiger partial charge in [-0.3, -0.25) is 0 Å². The molecule has 154 valence electrons. The van der Waals surface area contributed by atoms with Crippen molar-refractivity contribution < 1.29 is 4.74 Å². The number of hydrogen-bond acceptors (Lipinski definition) is 4. The molecule has 0 bridgehead atoms. The van der Waals surface area contributed by atoms with E-state index in [1.807, 2.05) is 54.6 Å². The maximum atomic E-state index is 5.93. The largest absolute Gasteiger partial charge is 0.457 e. The first kappa shape index (κ1) is 18.5. The number of aromatic nitrogens is 1. The van der Waals surface area contributed by atoms with Crippen molar-refractivity contribution in [2.45, 2.75) is 6.42 Å². The molecule has 32 heavy (non-hydrogen) atoms. The molecule has 4 aromatic carbocycles. The second-order valence-corrected chi connectivity index (χ2v) is 7.99. The maximum Gasteiger partial charge on any atom is 0.127 e. The smallest absolute Gasteiger partial charge is 0.127 e. The molecule has 4 nitrogen and oxygen atoms in total. The summed E-state index contributed by atoms with van der Waals surface area (Å²) < 4.78 is 5.93. The molecule has 0 atom stereocenters. The fraction of sp³-hybridized carbons (Fsp3) is 0.0357. The SMILES string of the molecule is Nc1ccc(Oc2ccc(Nc3c4c(nc5ccccc35)-c3ccccc3C4)cc2)cc1. The fourth-order valence-electron chi connectivity index (χ4n) is 4.31. The zero-order valence-electron chi connectivity index (χ0n) is 17.4. The van der Waals surface area contributed by atoms with Crippen LogP contribution in [0, 0.1) is 0 Å². The van der Waals surface area contributed by atoms with Gasteiger partial charge < -0.3 is 15.8 Å². The molecule has 3 N–H and O–H groups in total. The molecule has 0 amide bonds. The molecular formula is C28H21N3O. The lowest BCUT2D eigenvalue weighted by Gasteiger charge is -2.15. The third-order valence-electron chi connectivity index (χ3n) is 5.87. The highest BCUT2D eigenvalue weighted by Crippen LogP contribution is 2.43. The number of fused-ring (bicyclic) bond motifs is 4. The molecule has 0 saturated heterocycles. The Balaban J connectivity index is 1.35. The second kappa shape index (κ2) is 7.43. The molecule has 0 aliphatic heterocycles. The average Bonchev–Trinajstić information content (AvgIpc) is 3.20. The van der Waals surface area contributed by atoms with Crippen molar-refractivity contribution >= 4 is 28.0 Å². The Hall–Kier alpha value is -4.31. The van der Waals surface area contributed by atoms with Crippen LogP contribution in [0.4, 0.5) is 17.1 Å². The van der Waals surface area contributed by atoms with Crippen LogP contribution in [0.1, 0.15) is 11.1 Å². The number of nitrogens with two attached hydrogens (primary N) is 1. The number of nitrogen functional groups attached to an aromatic ring is 1. The topological polar surface area (TPSA) is 60.2 Å². The van der Waals surface area contributed by atoms with E-state index < -0.39 is 0 Å². The third-order valence-corrected chi connectivity index (χ3v) is 5.87. The van der Waals surface area contributed by atoms with Crippen molar-refractivity contribution in [2.24, 2.45) is 0 Å². The Morgan fingerprint density at radius 3 is 2.25 bits per heavy atom. The van der Waals surface area contributed by atoms with Crippen molar-refractivity contribution in [1.29, 1.82) is 0 Å². The number of pyridine rings is 1. The lowest BCUT2D eigenvalue weighted by Crippen LogP contribution is -1.99. The molecule has 0 unspecified atom stereocenters. The summed E-state index contributed by atoms with van der Waals surface area (Å²) in [5, 5.41) is 4.79. The summed E-state index contributed by atoms with van der Waals surface area (Å²) in [5.74, 6) is 1.54. The van der Waals surface area contributed by atoms with Crippen LogP contribution in [0.3, 0.4) is 0 Å². The Kier molecular flexibility index (Phi) is 4.29. The summed E-state index contributed by atoms with van der Waals surface area (Å²) in [6.07, 6.45) is 0.879. The summed E-state index contributed by atoms with van der Waals surface area (Å²) >= 11 is 0. The zero-order chi connectivity index (χ0) is 21.5. The van der Waals surface area contributed by atoms with Crippen molar-refractivity contribution in [3.63, 3.8) is 0 Å². The summed E-state index contributed by atoms with van der Waals surface area (Å²) in [6.45, 7) is 0. The molecule has 1 heterocycles. The Morgan fingerprint density at radius 2 is 1.44 bits per heavy atom. The first-order chi connectivity index (χ1) is 15.7. The molecular weight excluding hydrogens is 394 g/mol. The fourth-order valence-corrected chi connectivity index (χ4v) is 4.31. The Labute approximate surface area is 186 Å². The molecule has 1 aliphatic rings. The van der Waals surface area contributed by atoms with E-state index in [2.05, 4.69) is 47.8 Å². The van der Waals surface area contributed by atoms with Crippen molar-refractivity contribution in [3.05, 3.63) is 108 Å². The van der Waals surface area contributed by atoms with Gasteiger partial charge in [0.15, 0.2) is 0 Å². The minimum atomic E-state index is 0.719. The minimum absolute atomic E-state index is 0.719. The van der Waals surface area contributed by atoms with E-state index in [1.165, 1.54) is 16.7 Å². The number of anilines is 3. The number of rotatable bonds is 4. The van der Waals surface area contributed by atoms with Crippen LogP contribution >= 0.6 is 0 Å². The predicted octanol–water partition coefficient (Wildman–Crippen LogP) is 6.92. The van der Waals surface area contributed by atoms with Crippen LogP contribution in [0.2, 0.25) is 0 Å². The van der Waals surface area contributed by atoms with E-state index >= 15 is 0 Å². The van der Waals surface area contributed by atoms with Crippen LogP contribution in [0.25, 0.3) is 22.2 Å². The van der Waals surface area contributed by atoms with E-state index in [0.717, 1.165) is 51.6 Å². The first-order valence-electron chi connectivity index (χ1n) is 10.6. The summed E-state index contributed by atoms with van der Waals surface area (Å²) in [5.41, 5.74) is 14.4. The number of nitrogens with one attached hydrogen (secondary N) is 1. The maximum absolute atomic E-state index is 5.93. The van der Waals surface area contributed by atoms with Crippen LogP contribution in [-0.4, -0.2) is 4.98 Å². The number of para-hydroxylation sites is 1. The first-order valence-corrected chi connectivity index (χ1v) is 10.6. The van der Waals surface area contributed by atoms with Crippen LogP contribution in [-0.2, 0) is 6.42 Å². The molecule has 5 aromatic rings. The van der Waals surface area contributed by atoms with Crippen molar-refractivity contribution in [1.82, 2.24) is 4.98 Å². The highest BCUT2D eigenvalue weighted by atomic mass is 16.5.